The first-order valence-corrected chi connectivity index (χ1v) is 8.60. The summed E-state index contributed by atoms with van der Waals surface area (Å²) in [5.41, 5.74) is 5.36. The molecule has 5 rings (SSSR count). The Kier molecular flexibility index (Phi) is 3.64. The van der Waals surface area contributed by atoms with Crippen LogP contribution in [0, 0.1) is 0 Å². The van der Waals surface area contributed by atoms with Crippen LogP contribution in [0.3, 0.4) is 0 Å². The van der Waals surface area contributed by atoms with Crippen molar-refractivity contribution in [2.75, 3.05) is 6.54 Å². The lowest BCUT2D eigenvalue weighted by atomic mass is 10.1. The minimum Gasteiger partial charge on any atom is -0.346 e. The zero-order valence-corrected chi connectivity index (χ0v) is 14.1. The van der Waals surface area contributed by atoms with E-state index in [4.69, 9.17) is 4.98 Å². The molecule has 1 aliphatic rings. The second kappa shape index (κ2) is 6.27. The Morgan fingerprint density at radius 1 is 1.12 bits per heavy atom. The van der Waals surface area contributed by atoms with Crippen LogP contribution in [0.25, 0.3) is 22.4 Å². The molecule has 7 nitrogen and oxygen atoms in total. The van der Waals surface area contributed by atoms with Crippen molar-refractivity contribution in [3.8, 4) is 11.4 Å². The zero-order chi connectivity index (χ0) is 17.3. The second-order valence-electron chi connectivity index (χ2n) is 6.47. The van der Waals surface area contributed by atoms with E-state index in [0.717, 1.165) is 43.0 Å². The highest BCUT2D eigenvalue weighted by molar-refractivity contribution is 5.79. The summed E-state index contributed by atoms with van der Waals surface area (Å²) in [4.78, 5) is 27.4. The van der Waals surface area contributed by atoms with Gasteiger partial charge in [0, 0.05) is 56.0 Å². The van der Waals surface area contributed by atoms with Crippen LogP contribution in [0.4, 0.5) is 0 Å². The van der Waals surface area contributed by atoms with Crippen molar-refractivity contribution < 1.29 is 0 Å². The number of nitrogens with zero attached hydrogens (tertiary/aromatic N) is 6. The molecule has 4 aromatic heterocycles. The summed E-state index contributed by atoms with van der Waals surface area (Å²) in [6, 6.07) is 4.09. The monoisotopic (exact) mass is 343 g/mol. The quantitative estimate of drug-likeness (QED) is 0.615. The Morgan fingerprint density at radius 3 is 2.96 bits per heavy atom. The van der Waals surface area contributed by atoms with Gasteiger partial charge in [-0.3, -0.25) is 4.90 Å². The molecule has 0 spiro atoms. The number of nitrogens with one attached hydrogen (secondary N) is 1. The van der Waals surface area contributed by atoms with Crippen LogP contribution in [0.5, 0.6) is 0 Å². The number of aromatic nitrogens is 6. The Morgan fingerprint density at radius 2 is 2.04 bits per heavy atom. The summed E-state index contributed by atoms with van der Waals surface area (Å²) in [7, 11) is 0. The Balaban J connectivity index is 1.40. The fraction of sp³-hybridized carbons (Fsp3) is 0.211. The van der Waals surface area contributed by atoms with Crippen molar-refractivity contribution in [1.29, 1.82) is 0 Å². The fourth-order valence-electron chi connectivity index (χ4n) is 3.43. The predicted molar refractivity (Wildman–Crippen MR) is 97.0 cm³/mol. The average molecular weight is 343 g/mol. The van der Waals surface area contributed by atoms with Gasteiger partial charge in [-0.05, 0) is 29.7 Å². The van der Waals surface area contributed by atoms with E-state index in [9.17, 15) is 0 Å². The van der Waals surface area contributed by atoms with Crippen molar-refractivity contribution in [2.24, 2.45) is 0 Å². The molecule has 0 atom stereocenters. The lowest BCUT2D eigenvalue weighted by Gasteiger charge is -2.27. The summed E-state index contributed by atoms with van der Waals surface area (Å²) in [6.45, 7) is 2.68. The molecule has 0 aromatic carbocycles. The summed E-state index contributed by atoms with van der Waals surface area (Å²) in [5.74, 6) is 0.683. The van der Waals surface area contributed by atoms with Gasteiger partial charge in [-0.1, -0.05) is 0 Å². The SMILES string of the molecule is c1cnc2[nH]cc(CN3CCc4cnc(-c5cncnc5)nc4C3)c2c1. The third-order valence-corrected chi connectivity index (χ3v) is 4.77. The van der Waals surface area contributed by atoms with Crippen LogP contribution in [-0.4, -0.2) is 41.3 Å². The van der Waals surface area contributed by atoms with E-state index in [0.29, 0.717) is 5.82 Å². The standard InChI is InChI=1S/C19H17N7/c1-2-16-15(9-24-19(16)22-4-1)10-26-5-3-13-8-23-18(25-17(13)11-26)14-6-20-12-21-7-14/h1-2,4,6-9,12H,3,5,10-11H2,(H,22,24). The zero-order valence-electron chi connectivity index (χ0n) is 14.1. The molecule has 0 unspecified atom stereocenters. The normalized spacial score (nSPS) is 14.5. The lowest BCUT2D eigenvalue weighted by Crippen LogP contribution is -2.31. The van der Waals surface area contributed by atoms with E-state index in [2.05, 4.69) is 42.1 Å². The molecule has 4 aromatic rings. The van der Waals surface area contributed by atoms with Gasteiger partial charge in [0.1, 0.15) is 12.0 Å². The van der Waals surface area contributed by atoms with Crippen LogP contribution < -0.4 is 0 Å². The summed E-state index contributed by atoms with van der Waals surface area (Å²) in [6.07, 6.45) is 11.8. The number of aromatic amines is 1. The van der Waals surface area contributed by atoms with Crippen molar-refractivity contribution >= 4 is 11.0 Å². The Labute approximate surface area is 150 Å². The van der Waals surface area contributed by atoms with Gasteiger partial charge >= 0.3 is 0 Å². The average Bonchev–Trinajstić information content (AvgIpc) is 3.11. The molecule has 0 fully saturated rings. The number of hydrogen-bond donors (Lipinski definition) is 1. The third-order valence-electron chi connectivity index (χ3n) is 4.77. The van der Waals surface area contributed by atoms with Crippen LogP contribution in [0.15, 0.2) is 49.4 Å². The highest BCUT2D eigenvalue weighted by Crippen LogP contribution is 2.23. The summed E-state index contributed by atoms with van der Waals surface area (Å²) >= 11 is 0. The third kappa shape index (κ3) is 2.72. The predicted octanol–water partition coefficient (Wildman–Crippen LogP) is 2.37. The maximum absolute atomic E-state index is 4.77. The van der Waals surface area contributed by atoms with Crippen molar-refractivity contribution in [3.05, 3.63) is 66.3 Å². The van der Waals surface area contributed by atoms with E-state index >= 15 is 0 Å². The maximum atomic E-state index is 4.77. The number of hydrogen-bond acceptors (Lipinski definition) is 6. The highest BCUT2D eigenvalue weighted by Gasteiger charge is 2.20. The molecular formula is C19H17N7. The van der Waals surface area contributed by atoms with E-state index in [1.54, 1.807) is 12.4 Å². The number of rotatable bonds is 3. The number of H-pyrrole nitrogens is 1. The first-order chi connectivity index (χ1) is 12.9. The fourth-order valence-corrected chi connectivity index (χ4v) is 3.43. The van der Waals surface area contributed by atoms with Crippen molar-refractivity contribution in [2.45, 2.75) is 19.5 Å². The smallest absolute Gasteiger partial charge is 0.162 e. The Hall–Kier alpha value is -3.19. The van der Waals surface area contributed by atoms with Gasteiger partial charge < -0.3 is 4.98 Å². The van der Waals surface area contributed by atoms with Crippen LogP contribution >= 0.6 is 0 Å². The molecule has 7 heteroatoms. The van der Waals surface area contributed by atoms with Crippen LogP contribution in [-0.2, 0) is 19.5 Å². The molecule has 5 heterocycles. The largest absolute Gasteiger partial charge is 0.346 e. The molecule has 26 heavy (non-hydrogen) atoms. The van der Waals surface area contributed by atoms with Crippen molar-refractivity contribution in [3.63, 3.8) is 0 Å². The van der Waals surface area contributed by atoms with E-state index in [1.165, 1.54) is 22.8 Å². The molecule has 0 bridgehead atoms. The first-order valence-electron chi connectivity index (χ1n) is 8.60. The summed E-state index contributed by atoms with van der Waals surface area (Å²) < 4.78 is 0. The van der Waals surface area contributed by atoms with Gasteiger partial charge in [0.15, 0.2) is 5.82 Å². The molecular weight excluding hydrogens is 326 g/mol. The van der Waals surface area contributed by atoms with Gasteiger partial charge in [0.2, 0.25) is 0 Å². The van der Waals surface area contributed by atoms with Gasteiger partial charge in [-0.25, -0.2) is 24.9 Å². The summed E-state index contributed by atoms with van der Waals surface area (Å²) in [5, 5.41) is 1.18. The second-order valence-corrected chi connectivity index (χ2v) is 6.47. The van der Waals surface area contributed by atoms with Gasteiger partial charge in [-0.2, -0.15) is 0 Å². The molecule has 1 N–H and O–H groups in total. The molecule has 0 radical (unpaired) electrons. The number of pyridine rings is 1. The minimum atomic E-state index is 0.683. The van der Waals surface area contributed by atoms with Crippen LogP contribution in [0.1, 0.15) is 16.8 Å². The number of fused-ring (bicyclic) bond motifs is 2. The van der Waals surface area contributed by atoms with Gasteiger partial charge in [0.05, 0.1) is 11.3 Å². The minimum absolute atomic E-state index is 0.683. The van der Waals surface area contributed by atoms with E-state index in [-0.39, 0.29) is 0 Å². The van der Waals surface area contributed by atoms with Crippen molar-refractivity contribution in [1.82, 2.24) is 34.8 Å². The highest BCUT2D eigenvalue weighted by atomic mass is 15.1. The van der Waals surface area contributed by atoms with Gasteiger partial charge in [-0.15, -0.1) is 0 Å². The topological polar surface area (TPSA) is 83.5 Å². The molecule has 0 aliphatic carbocycles. The van der Waals surface area contributed by atoms with Crippen LogP contribution in [0.2, 0.25) is 0 Å². The molecule has 0 saturated carbocycles. The van der Waals surface area contributed by atoms with E-state index < -0.39 is 0 Å². The first kappa shape index (κ1) is 15.1. The maximum Gasteiger partial charge on any atom is 0.162 e. The van der Waals surface area contributed by atoms with E-state index in [1.807, 2.05) is 18.5 Å². The lowest BCUT2D eigenvalue weighted by molar-refractivity contribution is 0.242. The molecule has 1 aliphatic heterocycles. The molecule has 128 valence electrons. The molecule has 0 amide bonds. The van der Waals surface area contributed by atoms with Gasteiger partial charge in [0.25, 0.3) is 0 Å². The molecule has 0 saturated heterocycles. The Bertz CT molecular complexity index is 1060.